The number of anilines is 1. The molecule has 2 heterocycles. The Kier molecular flexibility index (Phi) is 5.57. The van der Waals surface area contributed by atoms with E-state index in [4.69, 9.17) is 0 Å². The lowest BCUT2D eigenvalue weighted by atomic mass is 10.1. The Labute approximate surface area is 183 Å². The van der Waals surface area contributed by atoms with E-state index < -0.39 is 31.8 Å². The second kappa shape index (κ2) is 7.92. The molecule has 0 aromatic heterocycles. The van der Waals surface area contributed by atoms with Crippen molar-refractivity contribution in [2.24, 2.45) is 0 Å². The number of nitrogens with zero attached hydrogens (tertiary/aromatic N) is 3. The second-order valence-electron chi connectivity index (χ2n) is 8.04. The summed E-state index contributed by atoms with van der Waals surface area (Å²) >= 11 is 0. The fraction of sp³-hybridized carbons (Fsp3) is 0.381. The maximum atomic E-state index is 13.3. The summed E-state index contributed by atoms with van der Waals surface area (Å²) in [6.07, 6.45) is 0.993. The molecule has 1 fully saturated rings. The summed E-state index contributed by atoms with van der Waals surface area (Å²) in [5, 5.41) is 2.97. The number of hydrazine groups is 1. The number of hydrogen-bond acceptors (Lipinski definition) is 6. The van der Waals surface area contributed by atoms with E-state index >= 15 is 0 Å². The molecule has 0 spiro atoms. The van der Waals surface area contributed by atoms with Crippen molar-refractivity contribution < 1.29 is 21.6 Å². The van der Waals surface area contributed by atoms with Gasteiger partial charge in [-0.25, -0.2) is 21.8 Å². The molecule has 0 unspecified atom stereocenters. The number of amides is 1. The third-order valence-electron chi connectivity index (χ3n) is 5.71. The topological polar surface area (TPSA) is 95.1 Å². The first-order valence-corrected chi connectivity index (χ1v) is 13.3. The van der Waals surface area contributed by atoms with E-state index in [1.165, 1.54) is 21.4 Å². The first-order chi connectivity index (χ1) is 14.6. The Morgan fingerprint density at radius 3 is 2.52 bits per heavy atom. The average molecular weight is 464 g/mol. The van der Waals surface area contributed by atoms with Crippen molar-refractivity contribution in [3.63, 3.8) is 0 Å². The van der Waals surface area contributed by atoms with E-state index in [2.05, 4.69) is 0 Å². The molecule has 2 aromatic carbocycles. The quantitative estimate of drug-likeness (QED) is 0.625. The van der Waals surface area contributed by atoms with Crippen LogP contribution in [0.5, 0.6) is 0 Å². The first kappa shape index (κ1) is 21.8. The summed E-state index contributed by atoms with van der Waals surface area (Å²) in [6, 6.07) is 12.9. The predicted molar refractivity (Wildman–Crippen MR) is 118 cm³/mol. The highest BCUT2D eigenvalue weighted by molar-refractivity contribution is 7.93. The summed E-state index contributed by atoms with van der Waals surface area (Å²) in [4.78, 5) is 13.3. The van der Waals surface area contributed by atoms with Crippen LogP contribution in [0.15, 0.2) is 53.4 Å². The summed E-state index contributed by atoms with van der Waals surface area (Å²) < 4.78 is 51.9. The smallest absolute Gasteiger partial charge is 0.268 e. The molecule has 2 aliphatic rings. The Morgan fingerprint density at radius 2 is 1.84 bits per heavy atom. The fourth-order valence-corrected chi connectivity index (χ4v) is 7.49. The van der Waals surface area contributed by atoms with Gasteiger partial charge in [0.15, 0.2) is 9.84 Å². The third kappa shape index (κ3) is 4.07. The molecule has 0 aliphatic carbocycles. The van der Waals surface area contributed by atoms with E-state index in [1.54, 1.807) is 43.4 Å². The van der Waals surface area contributed by atoms with Gasteiger partial charge in [-0.3, -0.25) is 14.1 Å². The third-order valence-corrected chi connectivity index (χ3v) is 9.27. The van der Waals surface area contributed by atoms with Crippen LogP contribution in [0.3, 0.4) is 0 Å². The zero-order chi connectivity index (χ0) is 22.4. The average Bonchev–Trinajstić information content (AvgIpc) is 3.31. The van der Waals surface area contributed by atoms with Crippen molar-refractivity contribution in [1.29, 1.82) is 0 Å². The molecule has 10 heteroatoms. The lowest BCUT2D eigenvalue weighted by Crippen LogP contribution is -2.49. The number of sulfonamides is 1. The Balaban J connectivity index is 1.66. The van der Waals surface area contributed by atoms with Crippen LogP contribution in [-0.4, -0.2) is 70.9 Å². The number of hydrogen-bond donors (Lipinski definition) is 0. The molecule has 1 saturated heterocycles. The molecule has 2 aromatic rings. The molecule has 31 heavy (non-hydrogen) atoms. The number of rotatable bonds is 5. The number of carbonyl (C=O) groups excluding carboxylic acids is 1. The normalized spacial score (nSPS) is 20.1. The van der Waals surface area contributed by atoms with E-state index in [1.807, 2.05) is 12.1 Å². The SMILES string of the molecule is CN(C)N(C(=O)c1cccc(S(=O)(=O)N2CCc3ccccc32)c1)[C@H]1CCS(=O)(=O)C1. The monoisotopic (exact) mass is 463 g/mol. The minimum absolute atomic E-state index is 0.0350. The lowest BCUT2D eigenvalue weighted by Gasteiger charge is -2.34. The molecule has 1 atom stereocenters. The van der Waals surface area contributed by atoms with Crippen molar-refractivity contribution in [1.82, 2.24) is 10.0 Å². The summed E-state index contributed by atoms with van der Waals surface area (Å²) in [5.41, 5.74) is 1.83. The summed E-state index contributed by atoms with van der Waals surface area (Å²) in [5.74, 6) is -0.483. The van der Waals surface area contributed by atoms with Crippen LogP contribution in [0.2, 0.25) is 0 Å². The zero-order valence-corrected chi connectivity index (χ0v) is 19.1. The maximum absolute atomic E-state index is 13.3. The van der Waals surface area contributed by atoms with Crippen molar-refractivity contribution >= 4 is 31.5 Å². The van der Waals surface area contributed by atoms with Crippen molar-refractivity contribution in [3.05, 3.63) is 59.7 Å². The van der Waals surface area contributed by atoms with E-state index in [9.17, 15) is 21.6 Å². The highest BCUT2D eigenvalue weighted by atomic mass is 32.2. The van der Waals surface area contributed by atoms with Gasteiger partial charge in [0.1, 0.15) is 0 Å². The minimum atomic E-state index is -3.84. The standard InChI is InChI=1S/C21H25N3O5S2/c1-22(2)24(18-11-13-30(26,27)15-18)21(25)17-7-5-8-19(14-17)31(28,29)23-12-10-16-6-3-4-9-20(16)23/h3-9,14,18H,10-13,15H2,1-2H3/t18-/m0/s1. The Bertz CT molecular complexity index is 1230. The van der Waals surface area contributed by atoms with E-state index in [0.29, 0.717) is 25.1 Å². The Hall–Kier alpha value is -2.43. The van der Waals surface area contributed by atoms with Crippen molar-refractivity contribution in [2.45, 2.75) is 23.8 Å². The van der Waals surface area contributed by atoms with Crippen LogP contribution < -0.4 is 4.31 Å². The Morgan fingerprint density at radius 1 is 1.10 bits per heavy atom. The second-order valence-corrected chi connectivity index (χ2v) is 12.1. The molecule has 0 bridgehead atoms. The van der Waals surface area contributed by atoms with Gasteiger partial charge in [-0.1, -0.05) is 24.3 Å². The molecule has 0 N–H and O–H groups in total. The van der Waals surface area contributed by atoms with Crippen molar-refractivity contribution in [3.8, 4) is 0 Å². The van der Waals surface area contributed by atoms with Gasteiger partial charge in [0, 0.05) is 26.2 Å². The lowest BCUT2D eigenvalue weighted by molar-refractivity contribution is 0.000988. The van der Waals surface area contributed by atoms with Gasteiger partial charge in [0.2, 0.25) is 0 Å². The molecule has 8 nitrogen and oxygen atoms in total. The molecule has 166 valence electrons. The molecule has 1 amide bonds. The number of para-hydroxylation sites is 1. The minimum Gasteiger partial charge on any atom is -0.268 e. The fourth-order valence-electron chi connectivity index (χ4n) is 4.25. The summed E-state index contributed by atoms with van der Waals surface area (Å²) in [6.45, 7) is 0.351. The first-order valence-electron chi connectivity index (χ1n) is 10.0. The zero-order valence-electron chi connectivity index (χ0n) is 17.4. The predicted octanol–water partition coefficient (Wildman–Crippen LogP) is 1.54. The number of carbonyl (C=O) groups is 1. The van der Waals surface area contributed by atoms with Gasteiger partial charge in [-0.05, 0) is 42.7 Å². The van der Waals surface area contributed by atoms with Crippen LogP contribution >= 0.6 is 0 Å². The van der Waals surface area contributed by atoms with Crippen LogP contribution in [-0.2, 0) is 26.3 Å². The van der Waals surface area contributed by atoms with Gasteiger partial charge in [0.05, 0.1) is 28.1 Å². The van der Waals surface area contributed by atoms with Crippen LogP contribution in [0, 0.1) is 0 Å². The van der Waals surface area contributed by atoms with Crippen LogP contribution in [0.25, 0.3) is 0 Å². The number of benzene rings is 2. The summed E-state index contributed by atoms with van der Waals surface area (Å²) in [7, 11) is -3.68. The maximum Gasteiger partial charge on any atom is 0.268 e. The van der Waals surface area contributed by atoms with Crippen LogP contribution in [0.1, 0.15) is 22.3 Å². The van der Waals surface area contributed by atoms with Gasteiger partial charge in [0.25, 0.3) is 15.9 Å². The van der Waals surface area contributed by atoms with Crippen LogP contribution in [0.4, 0.5) is 5.69 Å². The molecular weight excluding hydrogens is 438 g/mol. The highest BCUT2D eigenvalue weighted by Crippen LogP contribution is 2.33. The van der Waals surface area contributed by atoms with Gasteiger partial charge in [-0.2, -0.15) is 0 Å². The number of fused-ring (bicyclic) bond motifs is 1. The van der Waals surface area contributed by atoms with Gasteiger partial charge >= 0.3 is 0 Å². The molecular formula is C21H25N3O5S2. The largest absolute Gasteiger partial charge is 0.268 e. The molecule has 2 aliphatic heterocycles. The van der Waals surface area contributed by atoms with Crippen molar-refractivity contribution in [2.75, 3.05) is 36.5 Å². The molecule has 4 rings (SSSR count). The molecule has 0 radical (unpaired) electrons. The van der Waals surface area contributed by atoms with E-state index in [0.717, 1.165) is 5.56 Å². The number of sulfone groups is 1. The van der Waals surface area contributed by atoms with E-state index in [-0.39, 0.29) is 22.0 Å². The van der Waals surface area contributed by atoms with Gasteiger partial charge in [-0.15, -0.1) is 0 Å². The van der Waals surface area contributed by atoms with Gasteiger partial charge < -0.3 is 0 Å². The molecule has 0 saturated carbocycles. The highest BCUT2D eigenvalue weighted by Gasteiger charge is 2.37.